The van der Waals surface area contributed by atoms with Crippen molar-refractivity contribution in [2.45, 2.75) is 12.2 Å². The highest BCUT2D eigenvalue weighted by molar-refractivity contribution is 5.74. The Morgan fingerprint density at radius 1 is 0.611 bits per heavy atom. The van der Waals surface area contributed by atoms with Crippen LogP contribution in [0.15, 0.2) is 133 Å². The van der Waals surface area contributed by atoms with Gasteiger partial charge in [0.25, 0.3) is 0 Å². The second kappa shape index (κ2) is 10.5. The topological polar surface area (TPSA) is 38.7 Å². The molecule has 5 rings (SSSR count). The van der Waals surface area contributed by atoms with Crippen molar-refractivity contribution in [2.24, 2.45) is 0 Å². The van der Waals surface area contributed by atoms with Crippen LogP contribution >= 0.6 is 0 Å². The highest BCUT2D eigenvalue weighted by Crippen LogP contribution is 2.47. The summed E-state index contributed by atoms with van der Waals surface area (Å²) in [7, 11) is 1.62. The Balaban J connectivity index is 1.77. The highest BCUT2D eigenvalue weighted by atomic mass is 16.5. The van der Waals surface area contributed by atoms with E-state index in [1.165, 1.54) is 0 Å². The number of aliphatic hydroxyl groups is 1. The average Bonchev–Trinajstić information content (AvgIpc) is 2.97. The summed E-state index contributed by atoms with van der Waals surface area (Å²) >= 11 is 0. The maximum Gasteiger partial charge on any atom is 0.147 e. The molecule has 36 heavy (non-hydrogen) atoms. The van der Waals surface area contributed by atoms with E-state index in [4.69, 9.17) is 9.47 Å². The summed E-state index contributed by atoms with van der Waals surface area (Å²) in [4.78, 5) is 0. The molecular weight excluding hydrogens is 444 g/mol. The van der Waals surface area contributed by atoms with Gasteiger partial charge in [0.05, 0.1) is 7.11 Å². The van der Waals surface area contributed by atoms with E-state index in [2.05, 4.69) is 12.1 Å². The maximum absolute atomic E-state index is 12.7. The van der Waals surface area contributed by atoms with Crippen LogP contribution in [0.25, 0.3) is 11.1 Å². The summed E-state index contributed by atoms with van der Waals surface area (Å²) in [6.07, 6.45) is 0. The third-order valence-corrected chi connectivity index (χ3v) is 6.40. The summed E-state index contributed by atoms with van der Waals surface area (Å²) in [5, 5.41) is 12.7. The van der Waals surface area contributed by atoms with Crippen molar-refractivity contribution >= 4 is 0 Å². The zero-order valence-corrected chi connectivity index (χ0v) is 20.2. The molecule has 0 aromatic heterocycles. The minimum absolute atomic E-state index is 0.370. The van der Waals surface area contributed by atoms with E-state index < -0.39 is 5.60 Å². The second-order valence-electron chi connectivity index (χ2n) is 8.60. The van der Waals surface area contributed by atoms with Gasteiger partial charge in [-0.15, -0.1) is 0 Å². The van der Waals surface area contributed by atoms with E-state index in [-0.39, 0.29) is 0 Å². The van der Waals surface area contributed by atoms with Gasteiger partial charge >= 0.3 is 0 Å². The normalized spacial score (nSPS) is 12.5. The molecule has 3 heteroatoms. The van der Waals surface area contributed by atoms with E-state index >= 15 is 0 Å². The van der Waals surface area contributed by atoms with Crippen LogP contribution in [0.5, 0.6) is 11.5 Å². The van der Waals surface area contributed by atoms with Crippen molar-refractivity contribution in [1.82, 2.24) is 0 Å². The zero-order valence-electron chi connectivity index (χ0n) is 20.2. The van der Waals surface area contributed by atoms with Crippen LogP contribution in [0.4, 0.5) is 0 Å². The molecule has 0 amide bonds. The van der Waals surface area contributed by atoms with E-state index in [1.54, 1.807) is 7.11 Å². The second-order valence-corrected chi connectivity index (χ2v) is 8.60. The molecule has 0 saturated carbocycles. The lowest BCUT2D eigenvalue weighted by Gasteiger charge is -2.33. The van der Waals surface area contributed by atoms with Gasteiger partial charge in [-0.25, -0.2) is 0 Å². The van der Waals surface area contributed by atoms with Crippen molar-refractivity contribution in [2.75, 3.05) is 7.11 Å². The van der Waals surface area contributed by atoms with Gasteiger partial charge < -0.3 is 14.6 Å². The van der Waals surface area contributed by atoms with Crippen molar-refractivity contribution < 1.29 is 14.6 Å². The third kappa shape index (κ3) is 4.49. The van der Waals surface area contributed by atoms with Crippen LogP contribution in [-0.2, 0) is 12.2 Å². The van der Waals surface area contributed by atoms with Crippen LogP contribution in [0.2, 0.25) is 0 Å². The first kappa shape index (κ1) is 23.4. The maximum atomic E-state index is 12.7. The Labute approximate surface area is 212 Å². The van der Waals surface area contributed by atoms with Gasteiger partial charge in [0.15, 0.2) is 0 Å². The van der Waals surface area contributed by atoms with Gasteiger partial charge in [0.2, 0.25) is 0 Å². The molecule has 0 radical (unpaired) electrons. The Kier molecular flexibility index (Phi) is 6.83. The molecule has 0 aliphatic heterocycles. The minimum atomic E-state index is -1.52. The number of hydrogen-bond acceptors (Lipinski definition) is 3. The number of para-hydroxylation sites is 2. The number of rotatable bonds is 8. The summed E-state index contributed by atoms with van der Waals surface area (Å²) in [6.45, 7) is 0.370. The van der Waals surface area contributed by atoms with Crippen molar-refractivity contribution in [3.8, 4) is 22.6 Å². The molecule has 5 aromatic carbocycles. The van der Waals surface area contributed by atoms with Crippen molar-refractivity contribution in [3.63, 3.8) is 0 Å². The molecule has 0 bridgehead atoms. The quantitative estimate of drug-likeness (QED) is 0.242. The van der Waals surface area contributed by atoms with Crippen LogP contribution in [-0.4, -0.2) is 12.2 Å². The average molecular weight is 473 g/mol. The van der Waals surface area contributed by atoms with E-state index in [1.807, 2.05) is 121 Å². The Bertz CT molecular complexity index is 1420. The van der Waals surface area contributed by atoms with Crippen LogP contribution in [0.3, 0.4) is 0 Å². The van der Waals surface area contributed by atoms with Gasteiger partial charge in [-0.3, -0.25) is 0 Å². The lowest BCUT2D eigenvalue weighted by molar-refractivity contribution is 0.117. The molecule has 1 N–H and O–H groups in total. The molecule has 0 aliphatic carbocycles. The largest absolute Gasteiger partial charge is 0.496 e. The SMILES string of the molecule is COc1ccccc1C(O)(c1ccccc1)c1cccc(-c2ccccc2)c1OCc1ccccc1. The highest BCUT2D eigenvalue weighted by Gasteiger charge is 2.39. The smallest absolute Gasteiger partial charge is 0.147 e. The van der Waals surface area contributed by atoms with Crippen molar-refractivity contribution in [1.29, 1.82) is 0 Å². The Morgan fingerprint density at radius 3 is 1.89 bits per heavy atom. The van der Waals surface area contributed by atoms with E-state index in [0.29, 0.717) is 29.2 Å². The monoisotopic (exact) mass is 472 g/mol. The molecule has 0 saturated heterocycles. The number of benzene rings is 5. The molecule has 1 atom stereocenters. The van der Waals surface area contributed by atoms with Gasteiger partial charge in [0.1, 0.15) is 23.7 Å². The number of ether oxygens (including phenoxy) is 2. The van der Waals surface area contributed by atoms with Crippen LogP contribution < -0.4 is 9.47 Å². The third-order valence-electron chi connectivity index (χ3n) is 6.40. The molecule has 5 aromatic rings. The molecule has 0 heterocycles. The first-order chi connectivity index (χ1) is 17.7. The molecule has 0 aliphatic rings. The minimum Gasteiger partial charge on any atom is -0.496 e. The predicted octanol–water partition coefficient (Wildman–Crippen LogP) is 7.23. The number of hydrogen-bond donors (Lipinski definition) is 1. The lowest BCUT2D eigenvalue weighted by Crippen LogP contribution is -2.30. The first-order valence-electron chi connectivity index (χ1n) is 12.0. The fraction of sp³-hybridized carbons (Fsp3) is 0.0909. The van der Waals surface area contributed by atoms with Gasteiger partial charge in [0, 0.05) is 16.7 Å². The van der Waals surface area contributed by atoms with E-state index in [9.17, 15) is 5.11 Å². The molecular formula is C33H28O3. The molecule has 0 spiro atoms. The van der Waals surface area contributed by atoms with Gasteiger partial charge in [-0.2, -0.15) is 0 Å². The molecule has 1 unspecified atom stereocenters. The van der Waals surface area contributed by atoms with Crippen LogP contribution in [0, 0.1) is 0 Å². The summed E-state index contributed by atoms with van der Waals surface area (Å²) < 4.78 is 12.3. The van der Waals surface area contributed by atoms with Crippen molar-refractivity contribution in [3.05, 3.63) is 156 Å². The predicted molar refractivity (Wildman–Crippen MR) is 144 cm³/mol. The summed E-state index contributed by atoms with van der Waals surface area (Å²) in [5.41, 5.74) is 3.47. The van der Waals surface area contributed by atoms with E-state index in [0.717, 1.165) is 22.3 Å². The van der Waals surface area contributed by atoms with Gasteiger partial charge in [-0.05, 0) is 22.8 Å². The standard InChI is InChI=1S/C33H28O3/c1-35-31-23-12-11-21-29(31)33(34,27-18-9-4-10-19-27)30-22-13-20-28(26-16-7-3-8-17-26)32(30)36-24-25-14-5-2-6-15-25/h2-23,34H,24H2,1H3. The Hall–Kier alpha value is -4.34. The van der Waals surface area contributed by atoms with Gasteiger partial charge in [-0.1, -0.05) is 127 Å². The molecule has 178 valence electrons. The lowest BCUT2D eigenvalue weighted by atomic mass is 9.78. The summed E-state index contributed by atoms with van der Waals surface area (Å²) in [5.74, 6) is 1.23. The molecule has 0 fully saturated rings. The van der Waals surface area contributed by atoms with Crippen LogP contribution in [0.1, 0.15) is 22.3 Å². The molecule has 3 nitrogen and oxygen atoms in total. The number of methoxy groups -OCH3 is 1. The fourth-order valence-electron chi connectivity index (χ4n) is 4.63. The summed E-state index contributed by atoms with van der Waals surface area (Å²) in [6, 6.07) is 43.4. The first-order valence-corrected chi connectivity index (χ1v) is 12.0. The zero-order chi connectivity index (χ0) is 24.8. The Morgan fingerprint density at radius 2 is 1.19 bits per heavy atom. The fourth-order valence-corrected chi connectivity index (χ4v) is 4.63.